The summed E-state index contributed by atoms with van der Waals surface area (Å²) in [7, 11) is 1.63. The largest absolute Gasteiger partial charge is 0.497 e. The molecule has 0 radical (unpaired) electrons. The van der Waals surface area contributed by atoms with Crippen molar-refractivity contribution in [3.63, 3.8) is 0 Å². The van der Waals surface area contributed by atoms with E-state index >= 15 is 0 Å². The van der Waals surface area contributed by atoms with Crippen molar-refractivity contribution in [3.05, 3.63) is 29.8 Å². The van der Waals surface area contributed by atoms with Gasteiger partial charge in [-0.1, -0.05) is 12.1 Å². The summed E-state index contributed by atoms with van der Waals surface area (Å²) in [5.41, 5.74) is -0.183. The fourth-order valence-corrected chi connectivity index (χ4v) is 2.98. The summed E-state index contributed by atoms with van der Waals surface area (Å²) < 4.78 is 5.15. The zero-order chi connectivity index (χ0) is 14.9. The van der Waals surface area contributed by atoms with Gasteiger partial charge in [0.25, 0.3) is 0 Å². The normalized spacial score (nSPS) is 26.4. The highest BCUT2D eigenvalue weighted by molar-refractivity contribution is 5.91. The molecule has 21 heavy (non-hydrogen) atoms. The number of nitrogens with one attached hydrogen (secondary N) is 2. The number of methoxy groups -OCH3 is 1. The monoisotopic (exact) mass is 290 g/mol. The van der Waals surface area contributed by atoms with E-state index in [1.54, 1.807) is 7.11 Å². The van der Waals surface area contributed by atoms with Crippen molar-refractivity contribution in [2.75, 3.05) is 26.7 Å². The minimum Gasteiger partial charge on any atom is -0.497 e. The third-order valence-electron chi connectivity index (χ3n) is 4.63. The maximum absolute atomic E-state index is 12.5. The van der Waals surface area contributed by atoms with Gasteiger partial charge < -0.3 is 20.5 Å². The van der Waals surface area contributed by atoms with Crippen LogP contribution in [0.4, 0.5) is 0 Å². The average Bonchev–Trinajstić information content (AvgIpc) is 3.22. The Morgan fingerprint density at radius 1 is 1.33 bits per heavy atom. The number of rotatable bonds is 5. The molecule has 0 aromatic heterocycles. The summed E-state index contributed by atoms with van der Waals surface area (Å²) in [5, 5.41) is 16.3. The van der Waals surface area contributed by atoms with Crippen LogP contribution in [0.15, 0.2) is 24.3 Å². The molecule has 3 rings (SSSR count). The number of carbonyl (C=O) groups is 1. The minimum absolute atomic E-state index is 0.0213. The maximum Gasteiger partial charge on any atom is 0.230 e. The van der Waals surface area contributed by atoms with Crippen LogP contribution in [0.25, 0.3) is 0 Å². The highest BCUT2D eigenvalue weighted by Gasteiger charge is 2.51. The number of hydrogen-bond acceptors (Lipinski definition) is 4. The first-order chi connectivity index (χ1) is 10.1. The van der Waals surface area contributed by atoms with E-state index in [4.69, 9.17) is 4.74 Å². The van der Waals surface area contributed by atoms with Crippen molar-refractivity contribution < 1.29 is 14.6 Å². The van der Waals surface area contributed by atoms with Crippen molar-refractivity contribution in [3.8, 4) is 5.75 Å². The van der Waals surface area contributed by atoms with Crippen LogP contribution >= 0.6 is 0 Å². The fraction of sp³-hybridized carbons (Fsp3) is 0.562. The molecule has 0 spiro atoms. The van der Waals surface area contributed by atoms with E-state index in [2.05, 4.69) is 10.6 Å². The van der Waals surface area contributed by atoms with Crippen molar-refractivity contribution in [1.29, 1.82) is 0 Å². The number of ether oxygens (including phenoxy) is 1. The number of benzene rings is 1. The zero-order valence-electron chi connectivity index (χ0n) is 12.3. The second-order valence-electron chi connectivity index (χ2n) is 6.14. The number of hydrogen-bond donors (Lipinski definition) is 3. The molecule has 2 aliphatic rings. The first-order valence-corrected chi connectivity index (χ1v) is 7.44. The molecule has 1 aromatic rings. The highest BCUT2D eigenvalue weighted by atomic mass is 16.5. The van der Waals surface area contributed by atoms with Gasteiger partial charge in [-0.05, 0) is 43.5 Å². The van der Waals surface area contributed by atoms with Gasteiger partial charge in [-0.25, -0.2) is 0 Å². The molecule has 3 N–H and O–H groups in total. The standard InChI is InChI=1S/C16H22N2O3/c1-21-13-4-2-12(3-5-13)16(6-7-16)14(19)18-11-15(20)8-9-17-10-15/h2-5,17,20H,6-11H2,1H3,(H,18,19)/t15-/m1/s1. The summed E-state index contributed by atoms with van der Waals surface area (Å²) in [6.45, 7) is 1.66. The van der Waals surface area contributed by atoms with E-state index in [0.717, 1.165) is 30.7 Å². The lowest BCUT2D eigenvalue weighted by atomic mass is 9.94. The highest BCUT2D eigenvalue weighted by Crippen LogP contribution is 2.48. The second-order valence-corrected chi connectivity index (χ2v) is 6.14. The molecule has 0 bridgehead atoms. The van der Waals surface area contributed by atoms with Gasteiger partial charge in [0.1, 0.15) is 5.75 Å². The van der Waals surface area contributed by atoms with Gasteiger partial charge >= 0.3 is 0 Å². The van der Waals surface area contributed by atoms with Crippen molar-refractivity contribution in [2.24, 2.45) is 0 Å². The van der Waals surface area contributed by atoms with E-state index in [9.17, 15) is 9.90 Å². The fourth-order valence-electron chi connectivity index (χ4n) is 2.98. The molecule has 1 aliphatic carbocycles. The molecule has 1 saturated carbocycles. The third kappa shape index (κ3) is 2.76. The first-order valence-electron chi connectivity index (χ1n) is 7.44. The van der Waals surface area contributed by atoms with Gasteiger partial charge in [-0.15, -0.1) is 0 Å². The molecule has 0 unspecified atom stereocenters. The van der Waals surface area contributed by atoms with Crippen LogP contribution in [0.5, 0.6) is 5.75 Å². The van der Waals surface area contributed by atoms with Gasteiger partial charge in [0, 0.05) is 13.1 Å². The van der Waals surface area contributed by atoms with Crippen molar-refractivity contribution in [1.82, 2.24) is 10.6 Å². The molecular formula is C16H22N2O3. The lowest BCUT2D eigenvalue weighted by Gasteiger charge is -2.24. The SMILES string of the molecule is COc1ccc(C2(C(=O)NC[C@@]3(O)CCNC3)CC2)cc1. The van der Waals surface area contributed by atoms with Crippen LogP contribution in [0, 0.1) is 0 Å². The summed E-state index contributed by atoms with van der Waals surface area (Å²) in [6.07, 6.45) is 2.41. The molecule has 114 valence electrons. The zero-order valence-corrected chi connectivity index (χ0v) is 12.3. The Hall–Kier alpha value is -1.59. The lowest BCUT2D eigenvalue weighted by Crippen LogP contribution is -2.47. The smallest absolute Gasteiger partial charge is 0.230 e. The molecule has 1 amide bonds. The molecule has 5 heteroatoms. The molecule has 2 fully saturated rings. The predicted molar refractivity (Wildman–Crippen MR) is 79.4 cm³/mol. The number of carbonyl (C=O) groups excluding carboxylic acids is 1. The van der Waals surface area contributed by atoms with E-state index in [-0.39, 0.29) is 5.91 Å². The van der Waals surface area contributed by atoms with Crippen LogP contribution in [0.1, 0.15) is 24.8 Å². The van der Waals surface area contributed by atoms with Gasteiger partial charge in [0.2, 0.25) is 5.91 Å². The van der Waals surface area contributed by atoms with Gasteiger partial charge in [-0.2, -0.15) is 0 Å². The molecule has 1 saturated heterocycles. The molecule has 5 nitrogen and oxygen atoms in total. The Labute approximate surface area is 124 Å². The number of β-amino-alcohol motifs (C(OH)–C–C–N with tert-alkyl or cyclic N) is 1. The van der Waals surface area contributed by atoms with Crippen molar-refractivity contribution >= 4 is 5.91 Å². The summed E-state index contributed by atoms with van der Waals surface area (Å²) in [4.78, 5) is 12.5. The van der Waals surface area contributed by atoms with E-state index in [1.165, 1.54) is 0 Å². The topological polar surface area (TPSA) is 70.6 Å². The molecular weight excluding hydrogens is 268 g/mol. The molecule has 1 heterocycles. The van der Waals surface area contributed by atoms with Crippen LogP contribution in [-0.4, -0.2) is 43.4 Å². The van der Waals surface area contributed by atoms with Crippen LogP contribution in [0.2, 0.25) is 0 Å². The molecule has 1 atom stereocenters. The average molecular weight is 290 g/mol. The van der Waals surface area contributed by atoms with Crippen LogP contribution in [0.3, 0.4) is 0 Å². The Kier molecular flexibility index (Phi) is 3.63. The van der Waals surface area contributed by atoms with E-state index in [1.807, 2.05) is 24.3 Å². The predicted octanol–water partition coefficient (Wildman–Crippen LogP) is 0.567. The first kappa shape index (κ1) is 14.4. The third-order valence-corrected chi connectivity index (χ3v) is 4.63. The Morgan fingerprint density at radius 2 is 2.05 bits per heavy atom. The van der Waals surface area contributed by atoms with Crippen LogP contribution in [-0.2, 0) is 10.2 Å². The molecule has 1 aromatic carbocycles. The summed E-state index contributed by atoms with van der Waals surface area (Å²) >= 11 is 0. The maximum atomic E-state index is 12.5. The van der Waals surface area contributed by atoms with Gasteiger partial charge in [0.15, 0.2) is 0 Å². The quantitative estimate of drug-likeness (QED) is 0.741. The summed E-state index contributed by atoms with van der Waals surface area (Å²) in [6, 6.07) is 7.68. The number of amides is 1. The molecule has 1 aliphatic heterocycles. The summed E-state index contributed by atoms with van der Waals surface area (Å²) in [5.74, 6) is 0.814. The minimum atomic E-state index is -0.800. The van der Waals surface area contributed by atoms with Crippen molar-refractivity contribution in [2.45, 2.75) is 30.3 Å². The van der Waals surface area contributed by atoms with E-state index in [0.29, 0.717) is 19.5 Å². The Balaban J connectivity index is 1.65. The van der Waals surface area contributed by atoms with Gasteiger partial charge in [-0.3, -0.25) is 4.79 Å². The Bertz CT molecular complexity index is 517. The Morgan fingerprint density at radius 3 is 2.57 bits per heavy atom. The van der Waals surface area contributed by atoms with Crippen LogP contribution < -0.4 is 15.4 Å². The van der Waals surface area contributed by atoms with E-state index < -0.39 is 11.0 Å². The van der Waals surface area contributed by atoms with Gasteiger partial charge in [0.05, 0.1) is 18.1 Å². The lowest BCUT2D eigenvalue weighted by molar-refractivity contribution is -0.124. The number of aliphatic hydroxyl groups is 1. The second kappa shape index (κ2) is 5.31.